The number of nitrogens with zero attached hydrogens (tertiary/aromatic N) is 1. The van der Waals surface area contributed by atoms with Crippen LogP contribution in [0.1, 0.15) is 38.2 Å². The topological polar surface area (TPSA) is 134 Å². The third-order valence-electron chi connectivity index (χ3n) is 4.50. The van der Waals surface area contributed by atoms with Crippen LogP contribution in [0.25, 0.3) is 0 Å². The van der Waals surface area contributed by atoms with Crippen molar-refractivity contribution in [3.63, 3.8) is 0 Å². The number of carboxylic acid groups (broad SMARTS) is 1. The molecule has 3 rings (SSSR count). The zero-order valence-electron chi connectivity index (χ0n) is 16.3. The van der Waals surface area contributed by atoms with Crippen molar-refractivity contribution in [2.75, 3.05) is 6.61 Å². The number of carboxylic acids is 1. The Kier molecular flexibility index (Phi) is 7.28. The van der Waals surface area contributed by atoms with E-state index in [-0.39, 0.29) is 54.9 Å². The quantitative estimate of drug-likeness (QED) is 0.394. The summed E-state index contributed by atoms with van der Waals surface area (Å²) in [6.07, 6.45) is -1.41. The van der Waals surface area contributed by atoms with Gasteiger partial charge in [0.1, 0.15) is 24.4 Å². The van der Waals surface area contributed by atoms with E-state index in [4.69, 9.17) is 14.3 Å². The average Bonchev–Trinajstić information content (AvgIpc) is 3.19. The van der Waals surface area contributed by atoms with Crippen LogP contribution >= 0.6 is 0 Å². The van der Waals surface area contributed by atoms with Crippen molar-refractivity contribution in [1.29, 1.82) is 0 Å². The van der Waals surface area contributed by atoms with Crippen LogP contribution in [0.3, 0.4) is 0 Å². The molecule has 1 aromatic rings. The van der Waals surface area contributed by atoms with Gasteiger partial charge in [-0.1, -0.05) is 32.0 Å². The second-order valence-electron chi connectivity index (χ2n) is 6.75. The van der Waals surface area contributed by atoms with Crippen LogP contribution in [0.15, 0.2) is 24.3 Å². The molecule has 0 saturated carbocycles. The molecule has 2 fully saturated rings. The average molecular weight is 414 g/mol. The van der Waals surface area contributed by atoms with Gasteiger partial charge in [-0.25, -0.2) is 4.79 Å². The van der Waals surface area contributed by atoms with E-state index in [1.54, 1.807) is 12.1 Å². The normalized spacial score (nSPS) is 23.6. The second-order valence-corrected chi connectivity index (χ2v) is 6.75. The first kappa shape index (κ1) is 23.1. The Balaban J connectivity index is 0.00000300. The fraction of sp³-hybridized carbons (Fsp3) is 0.444. The van der Waals surface area contributed by atoms with Crippen molar-refractivity contribution in [2.24, 2.45) is 0 Å². The Labute approximate surface area is 188 Å². The van der Waals surface area contributed by atoms with Gasteiger partial charge in [-0.05, 0) is 17.5 Å². The van der Waals surface area contributed by atoms with E-state index in [0.717, 1.165) is 5.56 Å². The van der Waals surface area contributed by atoms with Crippen LogP contribution in [0, 0.1) is 0 Å². The van der Waals surface area contributed by atoms with E-state index < -0.39 is 35.7 Å². The Hall–Kier alpha value is -2.14. The summed E-state index contributed by atoms with van der Waals surface area (Å²) < 4.78 is 10.1. The Morgan fingerprint density at radius 3 is 2.59 bits per heavy atom. The van der Waals surface area contributed by atoms with Crippen LogP contribution < -0.4 is 44.7 Å². The number of hydroxylamine groups is 2. The smallest absolute Gasteiger partial charge is 0.544 e. The molecule has 2 aliphatic heterocycles. The predicted molar refractivity (Wildman–Crippen MR) is 89.3 cm³/mol. The zero-order chi connectivity index (χ0) is 20.5. The number of nitrogens with one attached hydrogen (secondary N) is 1. The Morgan fingerprint density at radius 1 is 1.31 bits per heavy atom. The molecule has 2 saturated heterocycles. The van der Waals surface area contributed by atoms with Crippen LogP contribution in [-0.4, -0.2) is 47.4 Å². The van der Waals surface area contributed by atoms with Crippen molar-refractivity contribution in [3.8, 4) is 5.75 Å². The molecule has 1 N–H and O–H groups in total. The summed E-state index contributed by atoms with van der Waals surface area (Å²) in [6.45, 7) is 3.54. The molecule has 1 unspecified atom stereocenters. The van der Waals surface area contributed by atoms with E-state index >= 15 is 0 Å². The van der Waals surface area contributed by atoms with Crippen LogP contribution in [0.4, 0.5) is 4.79 Å². The summed E-state index contributed by atoms with van der Waals surface area (Å²) in [4.78, 5) is 52.7. The van der Waals surface area contributed by atoms with Gasteiger partial charge in [0, 0.05) is 6.42 Å². The summed E-state index contributed by atoms with van der Waals surface area (Å²) in [7, 11) is 0. The molecule has 29 heavy (non-hydrogen) atoms. The molecular formula is C18H19N2NaO8. The van der Waals surface area contributed by atoms with E-state index in [1.165, 1.54) is 0 Å². The van der Waals surface area contributed by atoms with Gasteiger partial charge in [-0.15, -0.1) is 0 Å². The van der Waals surface area contributed by atoms with Gasteiger partial charge in [0.25, 0.3) is 11.6 Å². The van der Waals surface area contributed by atoms with Gasteiger partial charge in [0.15, 0.2) is 0 Å². The maximum Gasteiger partial charge on any atom is 1.00 e. The number of aliphatic carboxylic acids is 1. The monoisotopic (exact) mass is 414 g/mol. The fourth-order valence-electron chi connectivity index (χ4n) is 3.06. The molecule has 0 aromatic heterocycles. The van der Waals surface area contributed by atoms with Crippen LogP contribution in [-0.2, 0) is 24.0 Å². The van der Waals surface area contributed by atoms with Gasteiger partial charge < -0.3 is 24.7 Å². The van der Waals surface area contributed by atoms with Crippen molar-refractivity contribution in [1.82, 2.24) is 10.4 Å². The maximum absolute atomic E-state index is 12.5. The molecule has 2 aliphatic rings. The molecule has 2 amide bonds. The first-order chi connectivity index (χ1) is 13.2. The summed E-state index contributed by atoms with van der Waals surface area (Å²) in [5.74, 6) is -3.00. The third kappa shape index (κ3) is 4.55. The zero-order valence-corrected chi connectivity index (χ0v) is 18.3. The number of esters is 1. The number of amides is 2. The van der Waals surface area contributed by atoms with Gasteiger partial charge in [0.2, 0.25) is 0 Å². The number of carbonyl (C=O) groups is 4. The van der Waals surface area contributed by atoms with Crippen LogP contribution in [0.5, 0.6) is 5.75 Å². The number of carbonyl (C=O) groups excluding carboxylic acids is 4. The summed E-state index contributed by atoms with van der Waals surface area (Å²) in [5.41, 5.74) is -1.53. The molecule has 2 heterocycles. The molecule has 10 nitrogen and oxygen atoms in total. The Morgan fingerprint density at radius 2 is 2.00 bits per heavy atom. The first-order valence-corrected chi connectivity index (χ1v) is 8.72. The third-order valence-corrected chi connectivity index (χ3v) is 4.50. The van der Waals surface area contributed by atoms with E-state index in [9.17, 15) is 24.3 Å². The minimum atomic E-state index is -2.33. The summed E-state index contributed by atoms with van der Waals surface area (Å²) in [6, 6.07) is 5.76. The minimum absolute atomic E-state index is 0. The number of benzene rings is 1. The molecule has 0 aliphatic carbocycles. The molecule has 0 radical (unpaired) electrons. The van der Waals surface area contributed by atoms with Crippen molar-refractivity contribution in [2.45, 2.75) is 44.4 Å². The summed E-state index contributed by atoms with van der Waals surface area (Å²) >= 11 is 0. The number of hydrogen-bond acceptors (Lipinski definition) is 8. The van der Waals surface area contributed by atoms with Gasteiger partial charge in [0.05, 0.1) is 6.42 Å². The molecule has 1 aromatic carbocycles. The van der Waals surface area contributed by atoms with E-state index in [2.05, 4.69) is 5.32 Å². The number of para-hydroxylation sites is 1. The number of rotatable bonds is 5. The Bertz CT molecular complexity index is 830. The largest absolute Gasteiger partial charge is 1.00 e. The molecule has 0 bridgehead atoms. The summed E-state index contributed by atoms with van der Waals surface area (Å²) in [5, 5.41) is 14.3. The van der Waals surface area contributed by atoms with Crippen molar-refractivity contribution < 1.29 is 68.2 Å². The molecule has 2 atom stereocenters. The number of hydrogen-bond donors (Lipinski definition) is 1. The van der Waals surface area contributed by atoms with Gasteiger partial charge >= 0.3 is 41.6 Å². The van der Waals surface area contributed by atoms with Crippen LogP contribution in [0.2, 0.25) is 0 Å². The van der Waals surface area contributed by atoms with E-state index in [1.807, 2.05) is 26.0 Å². The molecule has 0 spiro atoms. The molecular weight excluding hydrogens is 395 g/mol. The van der Waals surface area contributed by atoms with Crippen molar-refractivity contribution >= 4 is 23.9 Å². The van der Waals surface area contributed by atoms with Gasteiger partial charge in [-0.3, -0.25) is 14.4 Å². The second kappa shape index (κ2) is 9.12. The van der Waals surface area contributed by atoms with Gasteiger partial charge in [-0.2, -0.15) is 5.06 Å². The van der Waals surface area contributed by atoms with E-state index in [0.29, 0.717) is 10.8 Å². The molecule has 11 heteroatoms. The predicted octanol–water partition coefficient (Wildman–Crippen LogP) is -3.17. The molecule has 150 valence electrons. The number of ether oxygens (including phenoxy) is 2. The maximum atomic E-state index is 12.5. The van der Waals surface area contributed by atoms with Crippen molar-refractivity contribution in [3.05, 3.63) is 29.8 Å². The minimum Gasteiger partial charge on any atom is -0.544 e. The number of cyclic esters (lactones) is 1. The standard InChI is InChI=1S/C18H20N2O8.Na/c1-10(2)11-5-3-4-6-13(11)27-17(25)19-12-9-26-20(15(12)22)18(16(23)24)8-7-14(21)28-18;/h3-6,10,12H,7-9H2,1-2H3,(H,19,25)(H,23,24);/q;+1/p-1/t12-,18?;/m0./s1. The SMILES string of the molecule is CC(C)c1ccccc1OC(=O)N[C@H]1CON(C2(C(=O)[O-])CCC(=O)O2)C1=O.[Na+]. The fourth-order valence-corrected chi connectivity index (χ4v) is 3.06. The first-order valence-electron chi connectivity index (χ1n) is 8.72.